The maximum absolute atomic E-state index is 11.8. The molecular formula is C72H52N6O2. The maximum Gasteiger partial charge on any atom is 0.346 e. The van der Waals surface area contributed by atoms with E-state index in [1.165, 1.54) is 50.6 Å². The van der Waals surface area contributed by atoms with Gasteiger partial charge in [-0.3, -0.25) is 0 Å². The van der Waals surface area contributed by atoms with Gasteiger partial charge in [-0.05, 0) is 146 Å². The van der Waals surface area contributed by atoms with Crippen molar-refractivity contribution in [1.82, 2.24) is 19.9 Å². The molecule has 5 heterocycles. The third-order valence-corrected chi connectivity index (χ3v) is 16.6. The summed E-state index contributed by atoms with van der Waals surface area (Å²) >= 11 is 0. The summed E-state index contributed by atoms with van der Waals surface area (Å²) in [7, 11) is 0. The first kappa shape index (κ1) is 48.0. The fourth-order valence-electron chi connectivity index (χ4n) is 12.7. The molecule has 0 atom stereocenters. The second-order valence-corrected chi connectivity index (χ2v) is 21.9. The zero-order valence-corrected chi connectivity index (χ0v) is 44.5. The standard InChI is InChI=1S/C72H52N6O2/c1-71(2)54-21-13-11-19-50(54)52-29-27-48(40-56(52)71)78(49-28-30-53-51-20-12-14-22-55(51)72(3,4)57(53)41-49)69-64-37-35-62(76-64)66(44-15-7-5-8-16-44)58-31-33-60(74-58)68(46-25-23-43(24-26-46)39-47(42-73)70(79)80)61-34-32-59(75-61)67(45-17-9-6-10-18-45)63-36-38-65(69)77-63/h5-41,74,77H,1-4H3,(H,79,80)/b47-39-,66-58?,66-62?,67-59?,67-63?,68-60?,68-61?,69-64?,69-65?. The molecule has 8 nitrogen and oxygen atoms in total. The summed E-state index contributed by atoms with van der Waals surface area (Å²) in [5.74, 6) is -1.27. The van der Waals surface area contributed by atoms with Gasteiger partial charge in [-0.1, -0.05) is 173 Å². The van der Waals surface area contributed by atoms with Crippen LogP contribution >= 0.6 is 0 Å². The Morgan fingerprint density at radius 2 is 0.875 bits per heavy atom. The van der Waals surface area contributed by atoms with E-state index in [2.05, 4.69) is 225 Å². The molecule has 80 heavy (non-hydrogen) atoms. The lowest BCUT2D eigenvalue weighted by Gasteiger charge is -2.30. The third-order valence-electron chi connectivity index (χ3n) is 16.6. The number of H-pyrrole nitrogens is 2. The summed E-state index contributed by atoms with van der Waals surface area (Å²) in [5.41, 5.74) is 24.9. The Morgan fingerprint density at radius 3 is 1.35 bits per heavy atom. The number of nitrogens with zero attached hydrogens (tertiary/aromatic N) is 4. The summed E-state index contributed by atoms with van der Waals surface area (Å²) < 4.78 is 0. The van der Waals surface area contributed by atoms with Crippen LogP contribution in [0.1, 0.15) is 78.3 Å². The van der Waals surface area contributed by atoms with Crippen LogP contribution < -0.4 is 4.90 Å². The number of aromatic nitrogens is 4. The molecule has 0 spiro atoms. The Hall–Kier alpha value is -10.4. The zero-order valence-electron chi connectivity index (χ0n) is 44.5. The van der Waals surface area contributed by atoms with Crippen LogP contribution in [-0.2, 0) is 15.6 Å². The van der Waals surface area contributed by atoms with E-state index < -0.39 is 5.97 Å². The van der Waals surface area contributed by atoms with Gasteiger partial charge in [-0.2, -0.15) is 5.26 Å². The predicted octanol–water partition coefficient (Wildman–Crippen LogP) is 17.7. The van der Waals surface area contributed by atoms with E-state index in [4.69, 9.17) is 9.97 Å². The molecule has 3 N–H and O–H groups in total. The first-order chi connectivity index (χ1) is 38.9. The lowest BCUT2D eigenvalue weighted by Crippen LogP contribution is -2.18. The van der Waals surface area contributed by atoms with Crippen LogP contribution in [0, 0.1) is 11.3 Å². The predicted molar refractivity (Wildman–Crippen MR) is 326 cm³/mol. The molecule has 0 amide bonds. The van der Waals surface area contributed by atoms with Crippen molar-refractivity contribution in [3.8, 4) is 61.7 Å². The molecule has 8 bridgehead atoms. The van der Waals surface area contributed by atoms with Crippen molar-refractivity contribution in [1.29, 1.82) is 5.26 Å². The summed E-state index contributed by atoms with van der Waals surface area (Å²) in [6.45, 7) is 9.35. The van der Waals surface area contributed by atoms with Crippen LogP contribution in [0.5, 0.6) is 0 Å². The number of aromatic amines is 2. The normalized spacial score (nSPS) is 14.0. The van der Waals surface area contributed by atoms with Gasteiger partial charge in [0.15, 0.2) is 0 Å². The summed E-state index contributed by atoms with van der Waals surface area (Å²) in [5, 5.41) is 19.2. The highest BCUT2D eigenvalue weighted by atomic mass is 16.4. The average Bonchev–Trinajstić information content (AvgIpc) is 4.55. The number of fused-ring (bicyclic) bond motifs is 14. The Labute approximate surface area is 463 Å². The minimum absolute atomic E-state index is 0.257. The number of carboxylic acids is 1. The number of nitriles is 1. The van der Waals surface area contributed by atoms with Crippen LogP contribution in [0.25, 0.3) is 108 Å². The molecule has 2 aliphatic carbocycles. The Morgan fingerprint density at radius 1 is 0.475 bits per heavy atom. The van der Waals surface area contributed by atoms with E-state index in [9.17, 15) is 15.2 Å². The second-order valence-electron chi connectivity index (χ2n) is 21.9. The van der Waals surface area contributed by atoms with Crippen LogP contribution in [0.2, 0.25) is 0 Å². The number of hydrogen-bond acceptors (Lipinski definition) is 5. The molecule has 4 aliphatic rings. The van der Waals surface area contributed by atoms with E-state index in [0.717, 1.165) is 95.3 Å². The SMILES string of the molecule is CC1(C)c2ccccc2-c2ccc(N(c3ccc4c(c3)C(C)(C)c3ccccc3-4)c3c4nc(c(-c5ccccc5)c5ccc([nH]5)c(-c5ccc(/C=C(/C#N)C(=O)O)cc5)c5nc(c(-c6ccccc6)c6ccc3[nH]6)C=C5)C=C4)cc21. The molecule has 7 aromatic carbocycles. The van der Waals surface area contributed by atoms with Crippen molar-refractivity contribution >= 4 is 75.5 Å². The number of benzene rings is 7. The molecular weight excluding hydrogens is 981 g/mol. The third kappa shape index (κ3) is 7.69. The molecule has 0 fully saturated rings. The monoisotopic (exact) mass is 1030 g/mol. The average molecular weight is 1030 g/mol. The number of rotatable bonds is 8. The molecule has 0 saturated carbocycles. The van der Waals surface area contributed by atoms with Crippen molar-refractivity contribution in [2.45, 2.75) is 38.5 Å². The highest BCUT2D eigenvalue weighted by molar-refractivity contribution is 6.02. The molecule has 8 heteroatoms. The molecule has 14 rings (SSSR count). The molecule has 0 radical (unpaired) electrons. The Balaban J connectivity index is 1.09. The smallest absolute Gasteiger partial charge is 0.346 e. The fraction of sp³-hybridized carbons (Fsp3) is 0.0833. The number of carbonyl (C=O) groups is 1. The minimum Gasteiger partial charge on any atom is -0.477 e. The van der Waals surface area contributed by atoms with Crippen molar-refractivity contribution in [3.63, 3.8) is 0 Å². The van der Waals surface area contributed by atoms with Gasteiger partial charge in [0.2, 0.25) is 0 Å². The Kier molecular flexibility index (Phi) is 11.1. The van der Waals surface area contributed by atoms with Crippen LogP contribution in [0.4, 0.5) is 17.1 Å². The number of carboxylic acid groups (broad SMARTS) is 1. The van der Waals surface area contributed by atoms with Crippen LogP contribution in [0.15, 0.2) is 200 Å². The van der Waals surface area contributed by atoms with Crippen LogP contribution in [0.3, 0.4) is 0 Å². The highest BCUT2D eigenvalue weighted by Crippen LogP contribution is 2.54. The maximum atomic E-state index is 11.8. The molecule has 0 unspecified atom stereocenters. The Bertz CT molecular complexity index is 4420. The summed E-state index contributed by atoms with van der Waals surface area (Å²) in [6.07, 6.45) is 9.83. The lowest BCUT2D eigenvalue weighted by atomic mass is 9.82. The number of aliphatic carboxylic acids is 1. The number of nitrogens with one attached hydrogen (secondary N) is 2. The highest BCUT2D eigenvalue weighted by Gasteiger charge is 2.38. The van der Waals surface area contributed by atoms with Gasteiger partial charge in [0.25, 0.3) is 0 Å². The molecule has 0 saturated heterocycles. The van der Waals surface area contributed by atoms with E-state index in [1.807, 2.05) is 36.4 Å². The quantitative estimate of drug-likeness (QED) is 0.103. The van der Waals surface area contributed by atoms with E-state index in [0.29, 0.717) is 5.56 Å². The number of hydrogen-bond donors (Lipinski definition) is 3. The summed E-state index contributed by atoms with van der Waals surface area (Å²) in [6, 6.07) is 70.3. The van der Waals surface area contributed by atoms with Crippen molar-refractivity contribution in [2.75, 3.05) is 4.90 Å². The fourth-order valence-corrected chi connectivity index (χ4v) is 12.7. The van der Waals surface area contributed by atoms with Crippen molar-refractivity contribution in [2.24, 2.45) is 0 Å². The van der Waals surface area contributed by atoms with Gasteiger partial charge in [0, 0.05) is 55.4 Å². The van der Waals surface area contributed by atoms with Gasteiger partial charge >= 0.3 is 5.97 Å². The first-order valence-corrected chi connectivity index (χ1v) is 27.0. The van der Waals surface area contributed by atoms with Gasteiger partial charge in [0.05, 0.1) is 34.0 Å². The zero-order chi connectivity index (χ0) is 54.4. The second kappa shape index (κ2) is 18.4. The van der Waals surface area contributed by atoms with Gasteiger partial charge in [-0.25, -0.2) is 14.8 Å². The van der Waals surface area contributed by atoms with Crippen molar-refractivity contribution in [3.05, 3.63) is 250 Å². The van der Waals surface area contributed by atoms with Crippen molar-refractivity contribution < 1.29 is 9.90 Å². The van der Waals surface area contributed by atoms with E-state index >= 15 is 0 Å². The van der Waals surface area contributed by atoms with E-state index in [-0.39, 0.29) is 16.4 Å². The largest absolute Gasteiger partial charge is 0.477 e. The molecule has 10 aromatic rings. The summed E-state index contributed by atoms with van der Waals surface area (Å²) in [4.78, 5) is 33.4. The number of anilines is 3. The lowest BCUT2D eigenvalue weighted by molar-refractivity contribution is -0.132. The van der Waals surface area contributed by atoms with Gasteiger partial charge in [0.1, 0.15) is 11.6 Å². The molecule has 3 aromatic heterocycles. The first-order valence-electron chi connectivity index (χ1n) is 27.0. The van der Waals surface area contributed by atoms with E-state index in [1.54, 1.807) is 6.07 Å². The van der Waals surface area contributed by atoms with Gasteiger partial charge < -0.3 is 20.0 Å². The topological polar surface area (TPSA) is 122 Å². The molecule has 2 aliphatic heterocycles. The minimum atomic E-state index is -1.27. The van der Waals surface area contributed by atoms with Gasteiger partial charge in [-0.15, -0.1) is 0 Å². The molecule has 382 valence electrons. The van der Waals surface area contributed by atoms with Crippen LogP contribution in [-0.4, -0.2) is 31.0 Å².